The quantitative estimate of drug-likeness (QED) is 0.818. The molecule has 0 N–H and O–H groups in total. The van der Waals surface area contributed by atoms with Gasteiger partial charge in [0.1, 0.15) is 0 Å². The lowest BCUT2D eigenvalue weighted by Gasteiger charge is -2.27. The van der Waals surface area contributed by atoms with E-state index in [1.807, 2.05) is 30.9 Å². The Balaban J connectivity index is 1.99. The zero-order valence-corrected chi connectivity index (χ0v) is 13.6. The average molecular weight is 312 g/mol. The summed E-state index contributed by atoms with van der Waals surface area (Å²) in [6.07, 6.45) is 0.770. The van der Waals surface area contributed by atoms with E-state index in [0.717, 1.165) is 5.56 Å². The van der Waals surface area contributed by atoms with Gasteiger partial charge in [-0.15, -0.1) is 0 Å². The van der Waals surface area contributed by atoms with Gasteiger partial charge in [0.25, 0.3) is 0 Å². The first-order valence-electron chi connectivity index (χ1n) is 7.57. The van der Waals surface area contributed by atoms with Crippen molar-refractivity contribution in [1.82, 2.24) is 15.0 Å². The number of rotatable bonds is 6. The highest BCUT2D eigenvalue weighted by atomic mass is 16.5. The number of hydrogen-bond acceptors (Lipinski definition) is 5. The van der Waals surface area contributed by atoms with Crippen LogP contribution < -0.4 is 0 Å². The van der Waals surface area contributed by atoms with E-state index in [1.165, 1.54) is 0 Å². The van der Waals surface area contributed by atoms with Crippen molar-refractivity contribution < 1.29 is 9.32 Å². The molecule has 0 fully saturated rings. The summed E-state index contributed by atoms with van der Waals surface area (Å²) in [5, 5.41) is 12.6. The van der Waals surface area contributed by atoms with Crippen molar-refractivity contribution >= 4 is 5.91 Å². The van der Waals surface area contributed by atoms with Gasteiger partial charge in [0.15, 0.2) is 5.82 Å². The van der Waals surface area contributed by atoms with Crippen molar-refractivity contribution in [2.75, 3.05) is 0 Å². The first-order chi connectivity index (χ1) is 11.0. The second-order valence-corrected chi connectivity index (χ2v) is 5.66. The van der Waals surface area contributed by atoms with Gasteiger partial charge in [-0.1, -0.05) is 17.3 Å². The summed E-state index contributed by atoms with van der Waals surface area (Å²) < 4.78 is 5.04. The van der Waals surface area contributed by atoms with Gasteiger partial charge in [-0.05, 0) is 38.5 Å². The minimum absolute atomic E-state index is 0.0419. The van der Waals surface area contributed by atoms with E-state index in [-0.39, 0.29) is 11.9 Å². The first kappa shape index (κ1) is 16.7. The molecule has 0 saturated carbocycles. The molecule has 23 heavy (non-hydrogen) atoms. The smallest absolute Gasteiger partial charge is 0.227 e. The minimum Gasteiger partial charge on any atom is -0.339 e. The third-order valence-electron chi connectivity index (χ3n) is 3.50. The van der Waals surface area contributed by atoms with E-state index >= 15 is 0 Å². The number of nitrogens with zero attached hydrogens (tertiary/aromatic N) is 4. The van der Waals surface area contributed by atoms with Gasteiger partial charge >= 0.3 is 0 Å². The highest BCUT2D eigenvalue weighted by Crippen LogP contribution is 2.12. The number of benzene rings is 1. The van der Waals surface area contributed by atoms with Crippen LogP contribution in [-0.4, -0.2) is 27.0 Å². The Hall–Kier alpha value is -2.68. The monoisotopic (exact) mass is 312 g/mol. The van der Waals surface area contributed by atoms with E-state index in [9.17, 15) is 4.79 Å². The molecule has 1 amide bonds. The molecule has 1 heterocycles. The van der Waals surface area contributed by atoms with E-state index < -0.39 is 0 Å². The molecule has 0 saturated heterocycles. The van der Waals surface area contributed by atoms with Gasteiger partial charge in [-0.25, -0.2) is 0 Å². The lowest BCUT2D eigenvalue weighted by Crippen LogP contribution is -2.36. The van der Waals surface area contributed by atoms with Gasteiger partial charge < -0.3 is 9.42 Å². The molecule has 0 unspecified atom stereocenters. The van der Waals surface area contributed by atoms with Gasteiger partial charge in [-0.3, -0.25) is 4.79 Å². The van der Waals surface area contributed by atoms with Gasteiger partial charge in [0.05, 0.1) is 11.6 Å². The van der Waals surface area contributed by atoms with Crippen molar-refractivity contribution in [2.24, 2.45) is 0 Å². The standard InChI is InChI=1S/C17H20N4O2/c1-12(2)21(11-15-6-4-14(10-18)5-7-15)17(22)9-8-16-19-13(3)20-23-16/h4-7,12H,8-9,11H2,1-3H3. The van der Waals surface area contributed by atoms with Crippen molar-refractivity contribution in [3.63, 3.8) is 0 Å². The lowest BCUT2D eigenvalue weighted by molar-refractivity contribution is -0.133. The van der Waals surface area contributed by atoms with Crippen molar-refractivity contribution in [3.8, 4) is 6.07 Å². The lowest BCUT2D eigenvalue weighted by atomic mass is 10.1. The fraction of sp³-hybridized carbons (Fsp3) is 0.412. The molecule has 2 rings (SSSR count). The van der Waals surface area contributed by atoms with Gasteiger partial charge in [0.2, 0.25) is 11.8 Å². The van der Waals surface area contributed by atoms with Crippen LogP contribution in [0.1, 0.15) is 43.1 Å². The molecular weight excluding hydrogens is 292 g/mol. The molecule has 0 aliphatic heterocycles. The van der Waals surface area contributed by atoms with Crippen LogP contribution in [0.15, 0.2) is 28.8 Å². The Bertz CT molecular complexity index is 698. The maximum Gasteiger partial charge on any atom is 0.227 e. The number of aromatic nitrogens is 2. The maximum absolute atomic E-state index is 12.5. The molecule has 2 aromatic rings. The summed E-state index contributed by atoms with van der Waals surface area (Å²) in [6, 6.07) is 9.46. The minimum atomic E-state index is 0.0419. The van der Waals surface area contributed by atoms with E-state index in [0.29, 0.717) is 36.7 Å². The SMILES string of the molecule is Cc1noc(CCC(=O)N(Cc2ccc(C#N)cc2)C(C)C)n1. The third kappa shape index (κ3) is 4.65. The summed E-state index contributed by atoms with van der Waals surface area (Å²) in [7, 11) is 0. The fourth-order valence-electron chi connectivity index (χ4n) is 2.24. The van der Waals surface area contributed by atoms with Crippen LogP contribution in [0.4, 0.5) is 0 Å². The third-order valence-corrected chi connectivity index (χ3v) is 3.50. The van der Waals surface area contributed by atoms with Crippen molar-refractivity contribution in [1.29, 1.82) is 5.26 Å². The summed E-state index contributed by atoms with van der Waals surface area (Å²) >= 11 is 0. The number of hydrogen-bond donors (Lipinski definition) is 0. The summed E-state index contributed by atoms with van der Waals surface area (Å²) in [5.74, 6) is 1.10. The number of carbonyl (C=O) groups excluding carboxylic acids is 1. The zero-order valence-electron chi connectivity index (χ0n) is 13.6. The highest BCUT2D eigenvalue weighted by molar-refractivity contribution is 5.76. The topological polar surface area (TPSA) is 83.0 Å². The number of nitriles is 1. The Labute approximate surface area is 135 Å². The van der Waals surface area contributed by atoms with Crippen molar-refractivity contribution in [3.05, 3.63) is 47.1 Å². The Kier molecular flexibility index (Phi) is 5.47. The number of amides is 1. The van der Waals surface area contributed by atoms with Crippen LogP contribution in [0.3, 0.4) is 0 Å². The molecule has 1 aromatic carbocycles. The Morgan fingerprint density at radius 3 is 2.57 bits per heavy atom. The maximum atomic E-state index is 12.5. The normalized spacial score (nSPS) is 10.6. The molecule has 6 heteroatoms. The molecule has 1 aromatic heterocycles. The molecule has 0 aliphatic carbocycles. The predicted molar refractivity (Wildman–Crippen MR) is 84.2 cm³/mol. The highest BCUT2D eigenvalue weighted by Gasteiger charge is 2.18. The molecule has 120 valence electrons. The number of aryl methyl sites for hydroxylation is 2. The first-order valence-corrected chi connectivity index (χ1v) is 7.57. The molecular formula is C17H20N4O2. The number of carbonyl (C=O) groups is 1. The van der Waals surface area contributed by atoms with Gasteiger partial charge in [0, 0.05) is 25.4 Å². The van der Waals surface area contributed by atoms with Crippen LogP contribution in [0.5, 0.6) is 0 Å². The van der Waals surface area contributed by atoms with Crippen LogP contribution in [-0.2, 0) is 17.8 Å². The molecule has 0 atom stereocenters. The van der Waals surface area contributed by atoms with E-state index in [2.05, 4.69) is 16.2 Å². The summed E-state index contributed by atoms with van der Waals surface area (Å²) in [6.45, 7) is 6.24. The van der Waals surface area contributed by atoms with Crippen LogP contribution >= 0.6 is 0 Å². The van der Waals surface area contributed by atoms with Crippen LogP contribution in [0, 0.1) is 18.3 Å². The molecule has 0 bridgehead atoms. The molecule has 0 spiro atoms. The zero-order chi connectivity index (χ0) is 16.8. The fourth-order valence-corrected chi connectivity index (χ4v) is 2.24. The van der Waals surface area contributed by atoms with Crippen molar-refractivity contribution in [2.45, 2.75) is 46.2 Å². The molecule has 0 aliphatic rings. The summed E-state index contributed by atoms with van der Waals surface area (Å²) in [4.78, 5) is 18.4. The van der Waals surface area contributed by atoms with Crippen LogP contribution in [0.2, 0.25) is 0 Å². The predicted octanol–water partition coefficient (Wildman–Crippen LogP) is 2.62. The van der Waals surface area contributed by atoms with Gasteiger partial charge in [-0.2, -0.15) is 10.2 Å². The second-order valence-electron chi connectivity index (χ2n) is 5.66. The summed E-state index contributed by atoms with van der Waals surface area (Å²) in [5.41, 5.74) is 1.61. The largest absolute Gasteiger partial charge is 0.339 e. The second kappa shape index (κ2) is 7.54. The Morgan fingerprint density at radius 1 is 1.35 bits per heavy atom. The molecule has 0 radical (unpaired) electrons. The van der Waals surface area contributed by atoms with Crippen LogP contribution in [0.25, 0.3) is 0 Å². The average Bonchev–Trinajstić information content (AvgIpc) is 2.96. The van der Waals surface area contributed by atoms with E-state index in [1.54, 1.807) is 19.1 Å². The molecule has 6 nitrogen and oxygen atoms in total. The Morgan fingerprint density at radius 2 is 2.04 bits per heavy atom. The van der Waals surface area contributed by atoms with E-state index in [4.69, 9.17) is 9.78 Å².